The molecule has 1 aromatic heterocycles. The van der Waals surface area contributed by atoms with Gasteiger partial charge in [-0.2, -0.15) is 0 Å². The number of hydrogen-bond donors (Lipinski definition) is 0. The predicted molar refractivity (Wildman–Crippen MR) is 88.6 cm³/mol. The van der Waals surface area contributed by atoms with Gasteiger partial charge in [0.05, 0.1) is 0 Å². The summed E-state index contributed by atoms with van der Waals surface area (Å²) in [5.74, 6) is 1.52. The van der Waals surface area contributed by atoms with Gasteiger partial charge in [0.2, 0.25) is 0 Å². The van der Waals surface area contributed by atoms with E-state index >= 15 is 0 Å². The van der Waals surface area contributed by atoms with E-state index in [1.165, 1.54) is 10.8 Å². The number of rotatable bonds is 3. The number of aromatic nitrogens is 1. The summed E-state index contributed by atoms with van der Waals surface area (Å²) in [4.78, 5) is 6.92. The summed E-state index contributed by atoms with van der Waals surface area (Å²) in [6, 6.07) is 8.74. The normalized spacial score (nSPS) is 13.5. The summed E-state index contributed by atoms with van der Waals surface area (Å²) in [5, 5.41) is 2.37. The zero-order valence-electron chi connectivity index (χ0n) is 12.9. The summed E-state index contributed by atoms with van der Waals surface area (Å²) in [6.07, 6.45) is 1.90. The van der Waals surface area contributed by atoms with Crippen LogP contribution >= 0.6 is 11.6 Å². The number of nitrogens with zero attached hydrogens (tertiary/aromatic N) is 2. The van der Waals surface area contributed by atoms with E-state index < -0.39 is 0 Å². The smallest absolute Gasteiger partial charge is 0.136 e. The number of fused-ring (bicyclic) bond motifs is 1. The molecule has 1 heterocycles. The van der Waals surface area contributed by atoms with E-state index in [-0.39, 0.29) is 5.41 Å². The molecular formula is C17H23ClN2. The van der Waals surface area contributed by atoms with Crippen LogP contribution in [0, 0.1) is 5.41 Å². The van der Waals surface area contributed by atoms with Gasteiger partial charge in [-0.05, 0) is 23.3 Å². The zero-order chi connectivity index (χ0) is 14.9. The first-order chi connectivity index (χ1) is 9.36. The Bertz CT molecular complexity index is 601. The third-order valence-electron chi connectivity index (χ3n) is 4.17. The number of alkyl halides is 1. The van der Waals surface area contributed by atoms with Gasteiger partial charge in [0.25, 0.3) is 0 Å². The van der Waals surface area contributed by atoms with E-state index in [9.17, 15) is 0 Å². The van der Waals surface area contributed by atoms with Crippen molar-refractivity contribution in [3.63, 3.8) is 0 Å². The van der Waals surface area contributed by atoms with Crippen LogP contribution in [0.3, 0.4) is 0 Å². The molecule has 0 bridgehead atoms. The van der Waals surface area contributed by atoms with E-state index in [0.717, 1.165) is 11.4 Å². The Morgan fingerprint density at radius 1 is 1.20 bits per heavy atom. The largest absolute Gasteiger partial charge is 0.356 e. The second-order valence-electron chi connectivity index (χ2n) is 6.44. The predicted octanol–water partition coefficient (Wildman–Crippen LogP) is 4.84. The highest BCUT2D eigenvalue weighted by Gasteiger charge is 2.25. The lowest BCUT2D eigenvalue weighted by molar-refractivity contribution is 0.329. The highest BCUT2D eigenvalue weighted by molar-refractivity contribution is 6.18. The van der Waals surface area contributed by atoms with Crippen LogP contribution in [0.1, 0.15) is 33.3 Å². The fourth-order valence-corrected chi connectivity index (χ4v) is 2.60. The number of benzene rings is 1. The van der Waals surface area contributed by atoms with Gasteiger partial charge in [-0.15, -0.1) is 11.6 Å². The molecule has 2 aromatic rings. The van der Waals surface area contributed by atoms with Gasteiger partial charge in [-0.25, -0.2) is 4.98 Å². The van der Waals surface area contributed by atoms with Crippen LogP contribution in [0.2, 0.25) is 0 Å². The quantitative estimate of drug-likeness (QED) is 0.752. The number of hydrogen-bond acceptors (Lipinski definition) is 2. The Kier molecular flexibility index (Phi) is 4.24. The SMILES string of the molecule is CC(N(C)c1ncc(CCl)c2ccccc12)C(C)(C)C. The van der Waals surface area contributed by atoms with Gasteiger partial charge < -0.3 is 4.90 Å². The average Bonchev–Trinajstić information content (AvgIpc) is 2.43. The molecule has 2 rings (SSSR count). The van der Waals surface area contributed by atoms with Crippen LogP contribution < -0.4 is 4.90 Å². The fraction of sp³-hybridized carbons (Fsp3) is 0.471. The molecule has 0 aliphatic rings. The Hall–Kier alpha value is -1.28. The van der Waals surface area contributed by atoms with Gasteiger partial charge in [0, 0.05) is 30.6 Å². The van der Waals surface area contributed by atoms with E-state index in [4.69, 9.17) is 11.6 Å². The lowest BCUT2D eigenvalue weighted by Gasteiger charge is -2.36. The van der Waals surface area contributed by atoms with Crippen LogP contribution in [-0.4, -0.2) is 18.1 Å². The summed E-state index contributed by atoms with van der Waals surface area (Å²) in [7, 11) is 2.12. The van der Waals surface area contributed by atoms with Crippen LogP contribution in [0.4, 0.5) is 5.82 Å². The highest BCUT2D eigenvalue weighted by atomic mass is 35.5. The van der Waals surface area contributed by atoms with Crippen LogP contribution in [-0.2, 0) is 5.88 Å². The summed E-state index contributed by atoms with van der Waals surface area (Å²) in [5.41, 5.74) is 1.28. The van der Waals surface area contributed by atoms with Crippen LogP contribution in [0.5, 0.6) is 0 Å². The second-order valence-corrected chi connectivity index (χ2v) is 6.71. The lowest BCUT2D eigenvalue weighted by atomic mass is 9.87. The summed E-state index contributed by atoms with van der Waals surface area (Å²) >= 11 is 6.02. The third-order valence-corrected chi connectivity index (χ3v) is 4.46. The van der Waals surface area contributed by atoms with E-state index in [1.54, 1.807) is 0 Å². The van der Waals surface area contributed by atoms with Crippen molar-refractivity contribution in [2.45, 2.75) is 39.6 Å². The average molecular weight is 291 g/mol. The van der Waals surface area contributed by atoms with Crippen molar-refractivity contribution in [3.05, 3.63) is 36.0 Å². The zero-order valence-corrected chi connectivity index (χ0v) is 13.7. The Morgan fingerprint density at radius 2 is 1.80 bits per heavy atom. The van der Waals surface area contributed by atoms with Crippen molar-refractivity contribution in [1.29, 1.82) is 0 Å². The summed E-state index contributed by atoms with van der Waals surface area (Å²) < 4.78 is 0. The molecule has 1 unspecified atom stereocenters. The highest BCUT2D eigenvalue weighted by Crippen LogP contribution is 2.32. The molecule has 0 radical (unpaired) electrons. The molecule has 0 spiro atoms. The van der Waals surface area contributed by atoms with Gasteiger partial charge in [0.1, 0.15) is 5.82 Å². The maximum Gasteiger partial charge on any atom is 0.136 e. The molecule has 108 valence electrons. The van der Waals surface area contributed by atoms with Gasteiger partial charge in [-0.3, -0.25) is 0 Å². The van der Waals surface area contributed by atoms with Crippen molar-refractivity contribution in [2.24, 2.45) is 5.41 Å². The van der Waals surface area contributed by atoms with Crippen molar-refractivity contribution < 1.29 is 0 Å². The van der Waals surface area contributed by atoms with Crippen LogP contribution in [0.15, 0.2) is 30.5 Å². The molecule has 1 atom stereocenters. The molecule has 0 N–H and O–H groups in total. The fourth-order valence-electron chi connectivity index (χ4n) is 2.39. The molecule has 20 heavy (non-hydrogen) atoms. The molecule has 1 aromatic carbocycles. The monoisotopic (exact) mass is 290 g/mol. The first-order valence-corrected chi connectivity index (χ1v) is 7.55. The van der Waals surface area contributed by atoms with Crippen molar-refractivity contribution >= 4 is 28.2 Å². The first-order valence-electron chi connectivity index (χ1n) is 7.01. The minimum Gasteiger partial charge on any atom is -0.356 e. The standard InChI is InChI=1S/C17H23ClN2/c1-12(17(2,3)4)20(5)16-15-9-7-6-8-14(15)13(10-18)11-19-16/h6-9,11-12H,10H2,1-5H3. The molecule has 0 saturated carbocycles. The molecule has 0 aliphatic heterocycles. The molecular weight excluding hydrogens is 268 g/mol. The van der Waals surface area contributed by atoms with Crippen molar-refractivity contribution in [3.8, 4) is 0 Å². The Labute approximate surface area is 126 Å². The second kappa shape index (κ2) is 5.61. The van der Waals surface area contributed by atoms with Crippen molar-refractivity contribution in [1.82, 2.24) is 4.98 Å². The maximum atomic E-state index is 6.02. The molecule has 0 fully saturated rings. The lowest BCUT2D eigenvalue weighted by Crippen LogP contribution is -2.39. The summed E-state index contributed by atoms with van der Waals surface area (Å²) in [6.45, 7) is 9.00. The number of anilines is 1. The third kappa shape index (κ3) is 2.76. The van der Waals surface area contributed by atoms with E-state index in [2.05, 4.69) is 68.9 Å². The van der Waals surface area contributed by atoms with Gasteiger partial charge >= 0.3 is 0 Å². The van der Waals surface area contributed by atoms with Crippen LogP contribution in [0.25, 0.3) is 10.8 Å². The first kappa shape index (κ1) is 15.1. The molecule has 0 aliphatic carbocycles. The molecule has 0 saturated heterocycles. The maximum absolute atomic E-state index is 6.02. The Morgan fingerprint density at radius 3 is 2.35 bits per heavy atom. The molecule has 0 amide bonds. The minimum atomic E-state index is 0.197. The topological polar surface area (TPSA) is 16.1 Å². The van der Waals surface area contributed by atoms with Crippen molar-refractivity contribution in [2.75, 3.05) is 11.9 Å². The van der Waals surface area contributed by atoms with Gasteiger partial charge in [0.15, 0.2) is 0 Å². The molecule has 2 nitrogen and oxygen atoms in total. The van der Waals surface area contributed by atoms with E-state index in [0.29, 0.717) is 11.9 Å². The Balaban J connectivity index is 2.56. The number of halogens is 1. The minimum absolute atomic E-state index is 0.197. The van der Waals surface area contributed by atoms with Gasteiger partial charge in [-0.1, -0.05) is 45.0 Å². The van der Waals surface area contributed by atoms with E-state index in [1.807, 2.05) is 6.20 Å². The number of pyridine rings is 1. The molecule has 3 heteroatoms.